The number of anilines is 1. The van der Waals surface area contributed by atoms with Gasteiger partial charge in [-0.1, -0.05) is 37.3 Å². The van der Waals surface area contributed by atoms with E-state index in [1.807, 2.05) is 41.3 Å². The molecule has 21 heavy (non-hydrogen) atoms. The number of nitrogen functional groups attached to an aromatic ring is 1. The third-order valence-electron chi connectivity index (χ3n) is 4.23. The SMILES string of the molecule is CCc1ccccc1C(=O)N1CCc2cccc(N)c2C1. The molecule has 1 heterocycles. The second-order valence-electron chi connectivity index (χ2n) is 5.47. The third-order valence-corrected chi connectivity index (χ3v) is 4.23. The number of amides is 1. The molecule has 0 bridgehead atoms. The van der Waals surface area contributed by atoms with E-state index in [1.54, 1.807) is 0 Å². The summed E-state index contributed by atoms with van der Waals surface area (Å²) in [5.41, 5.74) is 11.1. The third kappa shape index (κ3) is 2.51. The Balaban J connectivity index is 1.89. The maximum absolute atomic E-state index is 12.8. The fourth-order valence-corrected chi connectivity index (χ4v) is 2.99. The zero-order valence-electron chi connectivity index (χ0n) is 12.3. The Morgan fingerprint density at radius 2 is 2.00 bits per heavy atom. The molecule has 2 aromatic rings. The van der Waals surface area contributed by atoms with Gasteiger partial charge in [-0.25, -0.2) is 0 Å². The molecule has 0 saturated carbocycles. The Morgan fingerprint density at radius 1 is 1.19 bits per heavy atom. The molecule has 108 valence electrons. The summed E-state index contributed by atoms with van der Waals surface area (Å²) >= 11 is 0. The van der Waals surface area contributed by atoms with Gasteiger partial charge in [-0.15, -0.1) is 0 Å². The van der Waals surface area contributed by atoms with Crippen molar-refractivity contribution in [1.82, 2.24) is 4.90 Å². The number of rotatable bonds is 2. The Hall–Kier alpha value is -2.29. The summed E-state index contributed by atoms with van der Waals surface area (Å²) < 4.78 is 0. The Labute approximate surface area is 125 Å². The zero-order chi connectivity index (χ0) is 14.8. The summed E-state index contributed by atoms with van der Waals surface area (Å²) in [6, 6.07) is 13.9. The fourth-order valence-electron chi connectivity index (χ4n) is 2.99. The molecular formula is C18H20N2O. The summed E-state index contributed by atoms with van der Waals surface area (Å²) in [5.74, 6) is 0.112. The van der Waals surface area contributed by atoms with E-state index in [-0.39, 0.29) is 5.91 Å². The van der Waals surface area contributed by atoms with Crippen molar-refractivity contribution < 1.29 is 4.79 Å². The van der Waals surface area contributed by atoms with Gasteiger partial charge in [0, 0.05) is 24.3 Å². The van der Waals surface area contributed by atoms with Crippen LogP contribution in [0.1, 0.15) is 34.0 Å². The van der Waals surface area contributed by atoms with Crippen LogP contribution in [0.2, 0.25) is 0 Å². The predicted octanol–water partition coefficient (Wildman–Crippen LogP) is 3.03. The van der Waals surface area contributed by atoms with Gasteiger partial charge in [-0.05, 0) is 41.7 Å². The van der Waals surface area contributed by atoms with E-state index in [4.69, 9.17) is 5.73 Å². The van der Waals surface area contributed by atoms with Gasteiger partial charge in [0.2, 0.25) is 0 Å². The van der Waals surface area contributed by atoms with E-state index >= 15 is 0 Å². The van der Waals surface area contributed by atoms with Crippen LogP contribution < -0.4 is 5.73 Å². The molecule has 1 aliphatic heterocycles. The number of benzene rings is 2. The van der Waals surface area contributed by atoms with Crippen LogP contribution in [-0.2, 0) is 19.4 Å². The first kappa shape index (κ1) is 13.7. The van der Waals surface area contributed by atoms with Crippen LogP contribution >= 0.6 is 0 Å². The lowest BCUT2D eigenvalue weighted by molar-refractivity contribution is 0.0734. The summed E-state index contributed by atoms with van der Waals surface area (Å²) in [6.45, 7) is 3.45. The van der Waals surface area contributed by atoms with Crippen LogP contribution in [0.15, 0.2) is 42.5 Å². The van der Waals surface area contributed by atoms with Crippen LogP contribution in [0.25, 0.3) is 0 Å². The van der Waals surface area contributed by atoms with Crippen molar-refractivity contribution in [3.05, 3.63) is 64.7 Å². The number of fused-ring (bicyclic) bond motifs is 1. The van der Waals surface area contributed by atoms with Gasteiger partial charge in [-0.2, -0.15) is 0 Å². The summed E-state index contributed by atoms with van der Waals surface area (Å²) in [4.78, 5) is 14.7. The highest BCUT2D eigenvalue weighted by Crippen LogP contribution is 2.25. The highest BCUT2D eigenvalue weighted by atomic mass is 16.2. The van der Waals surface area contributed by atoms with Gasteiger partial charge in [0.15, 0.2) is 0 Å². The van der Waals surface area contributed by atoms with Crippen molar-refractivity contribution in [2.45, 2.75) is 26.3 Å². The molecule has 0 unspecified atom stereocenters. The lowest BCUT2D eigenvalue weighted by atomic mass is 9.96. The first-order chi connectivity index (χ1) is 10.2. The number of nitrogens with zero attached hydrogens (tertiary/aromatic N) is 1. The molecule has 0 fully saturated rings. The average Bonchev–Trinajstić information content (AvgIpc) is 2.54. The second-order valence-corrected chi connectivity index (χ2v) is 5.47. The topological polar surface area (TPSA) is 46.3 Å². The van der Waals surface area contributed by atoms with Crippen molar-refractivity contribution in [2.24, 2.45) is 0 Å². The second kappa shape index (κ2) is 5.60. The first-order valence-electron chi connectivity index (χ1n) is 7.44. The molecule has 1 amide bonds. The van der Waals surface area contributed by atoms with E-state index in [9.17, 15) is 4.79 Å². The maximum Gasteiger partial charge on any atom is 0.254 e. The molecule has 1 aliphatic rings. The molecule has 2 N–H and O–H groups in total. The van der Waals surface area contributed by atoms with Crippen molar-refractivity contribution >= 4 is 11.6 Å². The normalized spacial score (nSPS) is 13.9. The van der Waals surface area contributed by atoms with Crippen molar-refractivity contribution in [2.75, 3.05) is 12.3 Å². The van der Waals surface area contributed by atoms with E-state index in [0.717, 1.165) is 41.8 Å². The fraction of sp³-hybridized carbons (Fsp3) is 0.278. The molecule has 0 atom stereocenters. The summed E-state index contributed by atoms with van der Waals surface area (Å²) in [6.07, 6.45) is 1.74. The highest BCUT2D eigenvalue weighted by molar-refractivity contribution is 5.96. The van der Waals surface area contributed by atoms with Gasteiger partial charge in [0.25, 0.3) is 5.91 Å². The number of nitrogens with two attached hydrogens (primary N) is 1. The van der Waals surface area contributed by atoms with Crippen LogP contribution in [-0.4, -0.2) is 17.4 Å². The van der Waals surface area contributed by atoms with Gasteiger partial charge >= 0.3 is 0 Å². The number of carbonyl (C=O) groups excluding carboxylic acids is 1. The standard InChI is InChI=1S/C18H20N2O/c1-2-13-6-3-4-8-15(13)18(21)20-11-10-14-7-5-9-17(19)16(14)12-20/h3-9H,2,10-12,19H2,1H3. The van der Waals surface area contributed by atoms with Gasteiger partial charge in [-0.3, -0.25) is 4.79 Å². The van der Waals surface area contributed by atoms with E-state index in [0.29, 0.717) is 6.54 Å². The Bertz CT molecular complexity index is 679. The lowest BCUT2D eigenvalue weighted by Crippen LogP contribution is -2.36. The van der Waals surface area contributed by atoms with E-state index in [2.05, 4.69) is 13.0 Å². The molecule has 3 nitrogen and oxygen atoms in total. The first-order valence-corrected chi connectivity index (χ1v) is 7.44. The molecule has 2 aromatic carbocycles. The predicted molar refractivity (Wildman–Crippen MR) is 85.1 cm³/mol. The van der Waals surface area contributed by atoms with Crippen molar-refractivity contribution in [3.63, 3.8) is 0 Å². The molecule has 3 rings (SSSR count). The molecule has 3 heteroatoms. The lowest BCUT2D eigenvalue weighted by Gasteiger charge is -2.30. The number of hydrogen-bond acceptors (Lipinski definition) is 2. The summed E-state index contributed by atoms with van der Waals surface area (Å²) in [7, 11) is 0. The Kier molecular flexibility index (Phi) is 3.65. The molecular weight excluding hydrogens is 260 g/mol. The average molecular weight is 280 g/mol. The van der Waals surface area contributed by atoms with Gasteiger partial charge < -0.3 is 10.6 Å². The van der Waals surface area contributed by atoms with Gasteiger partial charge in [0.05, 0.1) is 0 Å². The zero-order valence-corrected chi connectivity index (χ0v) is 12.3. The largest absolute Gasteiger partial charge is 0.398 e. The molecule has 0 saturated heterocycles. The summed E-state index contributed by atoms with van der Waals surface area (Å²) in [5, 5.41) is 0. The van der Waals surface area contributed by atoms with Gasteiger partial charge in [0.1, 0.15) is 0 Å². The smallest absolute Gasteiger partial charge is 0.254 e. The maximum atomic E-state index is 12.8. The minimum atomic E-state index is 0.112. The minimum absolute atomic E-state index is 0.112. The van der Waals surface area contributed by atoms with Crippen molar-refractivity contribution in [1.29, 1.82) is 0 Å². The van der Waals surface area contributed by atoms with E-state index in [1.165, 1.54) is 5.56 Å². The number of aryl methyl sites for hydroxylation is 1. The highest BCUT2D eigenvalue weighted by Gasteiger charge is 2.24. The quantitative estimate of drug-likeness (QED) is 0.859. The molecule has 0 radical (unpaired) electrons. The number of carbonyl (C=O) groups is 1. The number of hydrogen-bond donors (Lipinski definition) is 1. The molecule has 0 aliphatic carbocycles. The van der Waals surface area contributed by atoms with Crippen LogP contribution in [0, 0.1) is 0 Å². The van der Waals surface area contributed by atoms with Crippen molar-refractivity contribution in [3.8, 4) is 0 Å². The molecule has 0 aromatic heterocycles. The van der Waals surface area contributed by atoms with Crippen LogP contribution in [0.3, 0.4) is 0 Å². The van der Waals surface area contributed by atoms with E-state index < -0.39 is 0 Å². The Morgan fingerprint density at radius 3 is 2.81 bits per heavy atom. The van der Waals surface area contributed by atoms with Crippen LogP contribution in [0.4, 0.5) is 5.69 Å². The molecule has 0 spiro atoms. The minimum Gasteiger partial charge on any atom is -0.398 e. The monoisotopic (exact) mass is 280 g/mol. The van der Waals surface area contributed by atoms with Crippen LogP contribution in [0.5, 0.6) is 0 Å².